The van der Waals surface area contributed by atoms with Crippen molar-refractivity contribution in [2.75, 3.05) is 18.8 Å². The van der Waals surface area contributed by atoms with E-state index in [1.807, 2.05) is 0 Å². The minimum Gasteiger partial charge on any atom is -0.316 e. The number of aromatic nitrogens is 1. The molecule has 2 aliphatic rings. The van der Waals surface area contributed by atoms with Crippen LogP contribution in [0, 0.1) is 0 Å². The van der Waals surface area contributed by atoms with Gasteiger partial charge in [0.15, 0.2) is 9.84 Å². The molecule has 2 aliphatic heterocycles. The van der Waals surface area contributed by atoms with Gasteiger partial charge in [0, 0.05) is 23.8 Å². The van der Waals surface area contributed by atoms with Gasteiger partial charge < -0.3 is 5.32 Å². The molecule has 0 aromatic carbocycles. The fourth-order valence-electron chi connectivity index (χ4n) is 2.47. The summed E-state index contributed by atoms with van der Waals surface area (Å²) in [4.78, 5) is 5.64. The van der Waals surface area contributed by atoms with Gasteiger partial charge in [0.1, 0.15) is 0 Å². The van der Waals surface area contributed by atoms with Crippen LogP contribution in [0.3, 0.4) is 0 Å². The summed E-state index contributed by atoms with van der Waals surface area (Å²) in [5.74, 6) is 0.966. The number of hydrogen-bond donors (Lipinski definition) is 1. The third-order valence-electron chi connectivity index (χ3n) is 3.44. The first kappa shape index (κ1) is 11.6. The zero-order chi connectivity index (χ0) is 11.9. The molecule has 1 N–H and O–H groups in total. The van der Waals surface area contributed by atoms with E-state index in [0.29, 0.717) is 12.3 Å². The Bertz CT molecular complexity index is 516. The lowest BCUT2D eigenvalue weighted by Gasteiger charge is -2.20. The summed E-state index contributed by atoms with van der Waals surface area (Å²) in [7, 11) is -2.86. The lowest BCUT2D eigenvalue weighted by molar-refractivity contribution is 0.460. The number of piperidine rings is 1. The highest BCUT2D eigenvalue weighted by Crippen LogP contribution is 2.32. The second-order valence-electron chi connectivity index (χ2n) is 4.81. The van der Waals surface area contributed by atoms with Crippen LogP contribution >= 0.6 is 11.3 Å². The van der Waals surface area contributed by atoms with E-state index in [9.17, 15) is 8.42 Å². The smallest absolute Gasteiger partial charge is 0.155 e. The van der Waals surface area contributed by atoms with Gasteiger partial charge in [-0.25, -0.2) is 13.4 Å². The monoisotopic (exact) mass is 272 g/mol. The molecule has 0 bridgehead atoms. The zero-order valence-corrected chi connectivity index (χ0v) is 11.2. The predicted molar refractivity (Wildman–Crippen MR) is 68.2 cm³/mol. The van der Waals surface area contributed by atoms with Gasteiger partial charge in [0.25, 0.3) is 0 Å². The number of sulfone groups is 1. The first-order valence-electron chi connectivity index (χ1n) is 6.04. The number of rotatable bonds is 1. The third-order valence-corrected chi connectivity index (χ3v) is 6.44. The first-order chi connectivity index (χ1) is 8.14. The second-order valence-corrected chi connectivity index (χ2v) is 8.11. The third kappa shape index (κ3) is 2.39. The molecule has 4 nitrogen and oxygen atoms in total. The van der Waals surface area contributed by atoms with Crippen molar-refractivity contribution in [1.82, 2.24) is 10.3 Å². The van der Waals surface area contributed by atoms with Crippen molar-refractivity contribution >= 4 is 21.2 Å². The maximum absolute atomic E-state index is 11.6. The summed E-state index contributed by atoms with van der Waals surface area (Å²) in [5, 5.41) is 4.52. The molecule has 3 rings (SSSR count). The molecule has 0 amide bonds. The van der Waals surface area contributed by atoms with Crippen LogP contribution in [0.2, 0.25) is 0 Å². The normalized spacial score (nSPS) is 27.6. The van der Waals surface area contributed by atoms with Crippen LogP contribution in [0.1, 0.15) is 34.3 Å². The average molecular weight is 272 g/mol. The standard InChI is InChI=1S/C11H16N2O2S2/c14-17(15)5-3-9-10(7-17)16-11(13-9)8-2-1-4-12-6-8/h8,12H,1-7H2. The Balaban J connectivity index is 1.86. The number of fused-ring (bicyclic) bond motifs is 1. The summed E-state index contributed by atoms with van der Waals surface area (Å²) in [6.45, 7) is 2.08. The quantitative estimate of drug-likeness (QED) is 0.831. The SMILES string of the molecule is O=S1(=O)CCc2nc(C3CCCNC3)sc2C1. The van der Waals surface area contributed by atoms with E-state index < -0.39 is 9.84 Å². The lowest BCUT2D eigenvalue weighted by atomic mass is 10.0. The Labute approximate surface area is 105 Å². The van der Waals surface area contributed by atoms with Crippen LogP contribution in [-0.4, -0.2) is 32.2 Å². The van der Waals surface area contributed by atoms with Crippen molar-refractivity contribution in [3.63, 3.8) is 0 Å². The molecule has 0 aliphatic carbocycles. The maximum atomic E-state index is 11.6. The van der Waals surface area contributed by atoms with Gasteiger partial charge in [-0.3, -0.25) is 0 Å². The lowest BCUT2D eigenvalue weighted by Crippen LogP contribution is -2.28. The van der Waals surface area contributed by atoms with Crippen LogP contribution in [0.4, 0.5) is 0 Å². The second kappa shape index (κ2) is 4.33. The molecular formula is C11H16N2O2S2. The van der Waals surface area contributed by atoms with Gasteiger partial charge in [0.05, 0.1) is 22.2 Å². The highest BCUT2D eigenvalue weighted by molar-refractivity contribution is 7.90. The average Bonchev–Trinajstić information content (AvgIpc) is 2.71. The zero-order valence-electron chi connectivity index (χ0n) is 9.61. The van der Waals surface area contributed by atoms with Crippen LogP contribution in [0.5, 0.6) is 0 Å². The molecule has 0 radical (unpaired) electrons. The van der Waals surface area contributed by atoms with E-state index in [4.69, 9.17) is 0 Å². The maximum Gasteiger partial charge on any atom is 0.155 e. The van der Waals surface area contributed by atoms with E-state index in [-0.39, 0.29) is 11.5 Å². The van der Waals surface area contributed by atoms with E-state index in [2.05, 4.69) is 10.3 Å². The molecule has 1 saturated heterocycles. The summed E-state index contributed by atoms with van der Waals surface area (Å²) < 4.78 is 23.1. The van der Waals surface area contributed by atoms with Crippen LogP contribution < -0.4 is 5.32 Å². The molecule has 1 aromatic heterocycles. The Kier molecular flexibility index (Phi) is 2.96. The molecule has 3 heterocycles. The largest absolute Gasteiger partial charge is 0.316 e. The molecule has 0 spiro atoms. The van der Waals surface area contributed by atoms with E-state index >= 15 is 0 Å². The number of hydrogen-bond acceptors (Lipinski definition) is 5. The Morgan fingerprint density at radius 2 is 2.29 bits per heavy atom. The van der Waals surface area contributed by atoms with Gasteiger partial charge in [-0.05, 0) is 19.4 Å². The molecule has 1 atom stereocenters. The minimum atomic E-state index is -2.86. The minimum absolute atomic E-state index is 0.208. The summed E-state index contributed by atoms with van der Waals surface area (Å²) >= 11 is 1.61. The molecule has 17 heavy (non-hydrogen) atoms. The van der Waals surface area contributed by atoms with Crippen molar-refractivity contribution in [2.24, 2.45) is 0 Å². The fraction of sp³-hybridized carbons (Fsp3) is 0.727. The van der Waals surface area contributed by atoms with Gasteiger partial charge in [-0.2, -0.15) is 0 Å². The first-order valence-corrected chi connectivity index (χ1v) is 8.67. The Morgan fingerprint density at radius 3 is 3.06 bits per heavy atom. The highest BCUT2D eigenvalue weighted by Gasteiger charge is 2.27. The summed E-state index contributed by atoms with van der Waals surface area (Å²) in [5.41, 5.74) is 1.03. The highest BCUT2D eigenvalue weighted by atomic mass is 32.2. The molecule has 94 valence electrons. The van der Waals surface area contributed by atoms with E-state index in [1.54, 1.807) is 11.3 Å². The van der Waals surface area contributed by atoms with Gasteiger partial charge in [-0.15, -0.1) is 11.3 Å². The van der Waals surface area contributed by atoms with Crippen LogP contribution in [0.25, 0.3) is 0 Å². The van der Waals surface area contributed by atoms with E-state index in [0.717, 1.165) is 28.7 Å². The van der Waals surface area contributed by atoms with Gasteiger partial charge in [-0.1, -0.05) is 0 Å². The molecule has 6 heteroatoms. The molecule has 1 fully saturated rings. The Hall–Kier alpha value is -0.460. The van der Waals surface area contributed by atoms with Crippen molar-refractivity contribution in [1.29, 1.82) is 0 Å². The van der Waals surface area contributed by atoms with Crippen LogP contribution in [0.15, 0.2) is 0 Å². The van der Waals surface area contributed by atoms with Crippen molar-refractivity contribution < 1.29 is 8.42 Å². The van der Waals surface area contributed by atoms with Gasteiger partial charge >= 0.3 is 0 Å². The topological polar surface area (TPSA) is 59.1 Å². The number of aryl methyl sites for hydroxylation is 1. The van der Waals surface area contributed by atoms with E-state index in [1.165, 1.54) is 12.8 Å². The molecule has 1 aromatic rings. The number of nitrogens with zero attached hydrogens (tertiary/aromatic N) is 1. The molecule has 0 saturated carbocycles. The summed E-state index contributed by atoms with van der Waals surface area (Å²) in [6.07, 6.45) is 2.97. The molecular weight excluding hydrogens is 256 g/mol. The molecule has 1 unspecified atom stereocenters. The summed E-state index contributed by atoms with van der Waals surface area (Å²) in [6, 6.07) is 0. The fourth-order valence-corrected chi connectivity index (χ4v) is 5.50. The Morgan fingerprint density at radius 1 is 1.41 bits per heavy atom. The van der Waals surface area contributed by atoms with Crippen LogP contribution in [-0.2, 0) is 22.0 Å². The van der Waals surface area contributed by atoms with Crippen molar-refractivity contribution in [2.45, 2.75) is 30.9 Å². The van der Waals surface area contributed by atoms with Crippen molar-refractivity contribution in [3.05, 3.63) is 15.6 Å². The number of thiazole rings is 1. The number of nitrogens with one attached hydrogen (secondary N) is 1. The van der Waals surface area contributed by atoms with Gasteiger partial charge in [0.2, 0.25) is 0 Å². The predicted octanol–water partition coefficient (Wildman–Crippen LogP) is 1.08. The van der Waals surface area contributed by atoms with Crippen molar-refractivity contribution in [3.8, 4) is 0 Å².